The molecular weight excluding hydrogens is 338 g/mol. The van der Waals surface area contributed by atoms with Crippen molar-refractivity contribution in [3.8, 4) is 17.3 Å². The van der Waals surface area contributed by atoms with Gasteiger partial charge < -0.3 is 14.5 Å². The van der Waals surface area contributed by atoms with Gasteiger partial charge in [0.05, 0.1) is 25.5 Å². The maximum absolute atomic E-state index is 12.9. The number of furan rings is 1. The van der Waals surface area contributed by atoms with Crippen LogP contribution in [0.2, 0.25) is 0 Å². The second kappa shape index (κ2) is 6.36. The van der Waals surface area contributed by atoms with Crippen molar-refractivity contribution < 1.29 is 18.7 Å². The topological polar surface area (TPSA) is 111 Å². The number of nitrogens with one attached hydrogen (secondary N) is 2. The number of fused-ring (bicyclic) bond motifs is 1. The molecule has 1 aliphatic rings. The van der Waals surface area contributed by atoms with Gasteiger partial charge in [0, 0.05) is 0 Å². The number of anilines is 2. The van der Waals surface area contributed by atoms with Crippen LogP contribution in [0.3, 0.4) is 0 Å². The van der Waals surface area contributed by atoms with Crippen LogP contribution in [-0.2, 0) is 9.59 Å². The Bertz CT molecular complexity index is 963. The molecule has 0 saturated heterocycles. The van der Waals surface area contributed by atoms with Crippen LogP contribution in [0.5, 0.6) is 5.75 Å². The third kappa shape index (κ3) is 2.69. The molecule has 0 unspecified atom stereocenters. The minimum Gasteiger partial charge on any atom is -0.495 e. The average molecular weight is 353 g/mol. The molecule has 9 nitrogen and oxygen atoms in total. The molecule has 1 aromatic carbocycles. The number of amides is 2. The van der Waals surface area contributed by atoms with Crippen molar-refractivity contribution in [1.82, 2.24) is 14.8 Å². The lowest BCUT2D eigenvalue weighted by molar-refractivity contribution is -0.125. The first kappa shape index (κ1) is 15.9. The number of carbonyl (C=O) groups excluding carboxylic acids is 2. The third-order valence-corrected chi connectivity index (χ3v) is 4.05. The fourth-order valence-electron chi connectivity index (χ4n) is 2.86. The Morgan fingerprint density at radius 3 is 2.92 bits per heavy atom. The van der Waals surface area contributed by atoms with Crippen molar-refractivity contribution in [3.63, 3.8) is 0 Å². The molecule has 0 bridgehead atoms. The highest BCUT2D eigenvalue weighted by atomic mass is 16.5. The van der Waals surface area contributed by atoms with E-state index in [2.05, 4.69) is 20.8 Å². The molecule has 0 spiro atoms. The van der Waals surface area contributed by atoms with Gasteiger partial charge >= 0.3 is 0 Å². The van der Waals surface area contributed by atoms with Gasteiger partial charge in [-0.15, -0.1) is 10.2 Å². The fourth-order valence-corrected chi connectivity index (χ4v) is 2.86. The molecule has 132 valence electrons. The van der Waals surface area contributed by atoms with E-state index >= 15 is 0 Å². The van der Waals surface area contributed by atoms with E-state index in [0.29, 0.717) is 23.0 Å². The maximum Gasteiger partial charge on any atom is 0.248 e. The summed E-state index contributed by atoms with van der Waals surface area (Å²) in [5.41, 5.74) is 0.514. The molecule has 2 aromatic heterocycles. The Morgan fingerprint density at radius 2 is 2.15 bits per heavy atom. The standard InChI is InChI=1S/C17H15N5O4/c1-25-12-6-3-2-5-10(12)18-16(24)11-9-14(23)19-17-21-20-15(22(11)17)13-7-4-8-26-13/h2-8,11H,9H2,1H3,(H,18,24)(H,19,21,23)/t11-/m1/s1. The normalized spacial score (nSPS) is 15.9. The van der Waals surface area contributed by atoms with Gasteiger partial charge in [-0.1, -0.05) is 12.1 Å². The molecule has 0 radical (unpaired) electrons. The van der Waals surface area contributed by atoms with Crippen molar-refractivity contribution >= 4 is 23.5 Å². The number of ether oxygens (including phenoxy) is 1. The van der Waals surface area contributed by atoms with Crippen molar-refractivity contribution in [3.05, 3.63) is 42.7 Å². The molecule has 0 saturated carbocycles. The van der Waals surface area contributed by atoms with Crippen LogP contribution in [0.15, 0.2) is 47.1 Å². The van der Waals surface area contributed by atoms with Gasteiger partial charge in [-0.05, 0) is 24.3 Å². The number of hydrogen-bond acceptors (Lipinski definition) is 6. The Balaban J connectivity index is 1.70. The largest absolute Gasteiger partial charge is 0.495 e. The Kier molecular flexibility index (Phi) is 3.88. The second-order valence-electron chi connectivity index (χ2n) is 5.65. The minimum atomic E-state index is -0.821. The van der Waals surface area contributed by atoms with Crippen molar-refractivity contribution in [2.75, 3.05) is 17.7 Å². The van der Waals surface area contributed by atoms with Crippen LogP contribution in [0.1, 0.15) is 12.5 Å². The van der Waals surface area contributed by atoms with Crippen LogP contribution in [0.25, 0.3) is 11.6 Å². The highest BCUT2D eigenvalue weighted by Gasteiger charge is 2.35. The van der Waals surface area contributed by atoms with E-state index in [9.17, 15) is 9.59 Å². The summed E-state index contributed by atoms with van der Waals surface area (Å²) in [5.74, 6) is 0.860. The predicted molar refractivity (Wildman–Crippen MR) is 91.6 cm³/mol. The maximum atomic E-state index is 12.9. The molecule has 2 amide bonds. The number of methoxy groups -OCH3 is 1. The fraction of sp³-hybridized carbons (Fsp3) is 0.176. The van der Waals surface area contributed by atoms with E-state index < -0.39 is 6.04 Å². The Labute approximate surface area is 148 Å². The van der Waals surface area contributed by atoms with Gasteiger partial charge in [-0.25, -0.2) is 0 Å². The molecule has 26 heavy (non-hydrogen) atoms. The van der Waals surface area contributed by atoms with Crippen LogP contribution in [0, 0.1) is 0 Å². The predicted octanol–water partition coefficient (Wildman–Crippen LogP) is 2.07. The van der Waals surface area contributed by atoms with E-state index in [1.54, 1.807) is 41.0 Å². The number of hydrogen-bond donors (Lipinski definition) is 2. The molecular formula is C17H15N5O4. The minimum absolute atomic E-state index is 0.0419. The summed E-state index contributed by atoms with van der Waals surface area (Å²) in [5, 5.41) is 13.4. The molecule has 1 aliphatic heterocycles. The lowest BCUT2D eigenvalue weighted by atomic mass is 10.1. The summed E-state index contributed by atoms with van der Waals surface area (Å²) in [7, 11) is 1.52. The van der Waals surface area contributed by atoms with Crippen molar-refractivity contribution in [2.45, 2.75) is 12.5 Å². The second-order valence-corrected chi connectivity index (χ2v) is 5.65. The number of para-hydroxylation sites is 2. The zero-order valence-corrected chi connectivity index (χ0v) is 13.8. The van der Waals surface area contributed by atoms with Gasteiger partial charge in [0.1, 0.15) is 11.8 Å². The zero-order chi connectivity index (χ0) is 18.1. The first-order valence-electron chi connectivity index (χ1n) is 7.90. The van der Waals surface area contributed by atoms with Crippen LogP contribution in [0.4, 0.5) is 11.6 Å². The van der Waals surface area contributed by atoms with Gasteiger partial charge in [-0.3, -0.25) is 19.5 Å². The molecule has 3 aromatic rings. The van der Waals surface area contributed by atoms with E-state index in [4.69, 9.17) is 9.15 Å². The number of aromatic nitrogens is 3. The number of benzene rings is 1. The number of rotatable bonds is 4. The van der Waals surface area contributed by atoms with Crippen LogP contribution < -0.4 is 15.4 Å². The van der Waals surface area contributed by atoms with Gasteiger partial charge in [0.2, 0.25) is 23.6 Å². The summed E-state index contributed by atoms with van der Waals surface area (Å²) >= 11 is 0. The average Bonchev–Trinajstić information content (AvgIpc) is 3.30. The summed E-state index contributed by atoms with van der Waals surface area (Å²) in [6.45, 7) is 0. The van der Waals surface area contributed by atoms with Gasteiger partial charge in [-0.2, -0.15) is 0 Å². The van der Waals surface area contributed by atoms with E-state index in [1.165, 1.54) is 13.4 Å². The van der Waals surface area contributed by atoms with E-state index in [0.717, 1.165) is 0 Å². The van der Waals surface area contributed by atoms with Gasteiger partial charge in [0.25, 0.3) is 0 Å². The zero-order valence-electron chi connectivity index (χ0n) is 13.8. The first-order valence-corrected chi connectivity index (χ1v) is 7.90. The highest BCUT2D eigenvalue weighted by Crippen LogP contribution is 2.32. The SMILES string of the molecule is COc1ccccc1NC(=O)[C@H]1CC(=O)Nc2nnc(-c3ccco3)n21. The highest BCUT2D eigenvalue weighted by molar-refractivity contribution is 6.01. The number of carbonyl (C=O) groups is 2. The van der Waals surface area contributed by atoms with Crippen molar-refractivity contribution in [2.24, 2.45) is 0 Å². The lowest BCUT2D eigenvalue weighted by Gasteiger charge is -2.25. The van der Waals surface area contributed by atoms with Gasteiger partial charge in [0.15, 0.2) is 5.76 Å². The Hall–Kier alpha value is -3.62. The molecule has 1 atom stereocenters. The molecule has 0 aliphatic carbocycles. The molecule has 9 heteroatoms. The first-order chi connectivity index (χ1) is 12.7. The molecule has 4 rings (SSSR count). The third-order valence-electron chi connectivity index (χ3n) is 4.05. The Morgan fingerprint density at radius 1 is 1.31 bits per heavy atom. The summed E-state index contributed by atoms with van der Waals surface area (Å²) in [6.07, 6.45) is 1.46. The van der Waals surface area contributed by atoms with Crippen LogP contribution in [-0.4, -0.2) is 33.7 Å². The molecule has 3 heterocycles. The number of nitrogens with zero attached hydrogens (tertiary/aromatic N) is 3. The summed E-state index contributed by atoms with van der Waals surface area (Å²) < 4.78 is 12.2. The smallest absolute Gasteiger partial charge is 0.248 e. The summed E-state index contributed by atoms with van der Waals surface area (Å²) in [6, 6.07) is 9.64. The summed E-state index contributed by atoms with van der Waals surface area (Å²) in [4.78, 5) is 24.9. The molecule has 0 fully saturated rings. The molecule has 2 N–H and O–H groups in total. The van der Waals surface area contributed by atoms with Crippen LogP contribution >= 0.6 is 0 Å². The van der Waals surface area contributed by atoms with Crippen molar-refractivity contribution in [1.29, 1.82) is 0 Å². The quantitative estimate of drug-likeness (QED) is 0.743. The van der Waals surface area contributed by atoms with E-state index in [1.807, 2.05) is 0 Å². The van der Waals surface area contributed by atoms with E-state index in [-0.39, 0.29) is 24.2 Å². The monoisotopic (exact) mass is 353 g/mol. The lowest BCUT2D eigenvalue weighted by Crippen LogP contribution is -2.35.